The van der Waals surface area contributed by atoms with Crippen LogP contribution >= 0.6 is 0 Å². The van der Waals surface area contributed by atoms with Gasteiger partial charge in [-0.1, -0.05) is 12.1 Å². The molecule has 0 amide bonds. The molecule has 0 aliphatic carbocycles. The van der Waals surface area contributed by atoms with Crippen LogP contribution in [0.2, 0.25) is 0 Å². The monoisotopic (exact) mass is 295 g/mol. The van der Waals surface area contributed by atoms with E-state index in [-0.39, 0.29) is 6.04 Å². The number of nitrogen functional groups attached to an aromatic ring is 2. The maximum absolute atomic E-state index is 6.12. The summed E-state index contributed by atoms with van der Waals surface area (Å²) >= 11 is 0. The molecule has 1 fully saturated rings. The Kier molecular flexibility index (Phi) is 2.97. The van der Waals surface area contributed by atoms with Gasteiger partial charge in [-0.3, -0.25) is 4.68 Å². The number of hydrogen-bond donors (Lipinski definition) is 2. The minimum Gasteiger partial charge on any atom is -0.399 e. The van der Waals surface area contributed by atoms with Crippen molar-refractivity contribution in [1.82, 2.24) is 14.8 Å². The van der Waals surface area contributed by atoms with Crippen molar-refractivity contribution < 1.29 is 4.74 Å². The van der Waals surface area contributed by atoms with Gasteiger partial charge in [-0.2, -0.15) is 5.10 Å². The lowest BCUT2D eigenvalue weighted by Gasteiger charge is -2.09. The average Bonchev–Trinajstić information content (AvgIpc) is 3.15. The quantitative estimate of drug-likeness (QED) is 0.707. The maximum Gasteiger partial charge on any atom is 0.135 e. The lowest BCUT2D eigenvalue weighted by atomic mass is 10.1. The van der Waals surface area contributed by atoms with E-state index in [0.29, 0.717) is 12.4 Å². The molecule has 4 N–H and O–H groups in total. The van der Waals surface area contributed by atoms with E-state index in [1.54, 1.807) is 6.20 Å². The third-order valence-corrected chi connectivity index (χ3v) is 4.09. The van der Waals surface area contributed by atoms with Crippen LogP contribution in [0.4, 0.5) is 11.5 Å². The van der Waals surface area contributed by atoms with Crippen molar-refractivity contribution in [2.24, 2.45) is 0 Å². The van der Waals surface area contributed by atoms with Crippen LogP contribution < -0.4 is 11.5 Å². The molecule has 112 valence electrons. The summed E-state index contributed by atoms with van der Waals surface area (Å²) in [6.45, 7) is 1.45. The lowest BCUT2D eigenvalue weighted by molar-refractivity contribution is 0.185. The molecular formula is C16H17N5O. The van der Waals surface area contributed by atoms with Crippen LogP contribution in [0, 0.1) is 0 Å². The van der Waals surface area contributed by atoms with E-state index >= 15 is 0 Å². The van der Waals surface area contributed by atoms with Gasteiger partial charge < -0.3 is 16.2 Å². The molecule has 0 spiro atoms. The number of rotatable bonds is 2. The SMILES string of the molecule is Nc1ccc(-c2nn([C@H]3CCOC3)c3ccnc(N)c23)cc1. The summed E-state index contributed by atoms with van der Waals surface area (Å²) in [4.78, 5) is 4.22. The fourth-order valence-corrected chi connectivity index (χ4v) is 2.95. The van der Waals surface area contributed by atoms with Crippen molar-refractivity contribution >= 4 is 22.4 Å². The first-order valence-corrected chi connectivity index (χ1v) is 7.30. The number of anilines is 2. The molecule has 2 aromatic heterocycles. The highest BCUT2D eigenvalue weighted by Gasteiger charge is 2.23. The zero-order valence-corrected chi connectivity index (χ0v) is 12.1. The molecule has 1 saturated heterocycles. The molecule has 6 nitrogen and oxygen atoms in total. The molecule has 3 heterocycles. The number of pyridine rings is 1. The molecule has 0 saturated carbocycles. The summed E-state index contributed by atoms with van der Waals surface area (Å²) in [5.41, 5.74) is 15.4. The highest BCUT2D eigenvalue weighted by atomic mass is 16.5. The number of benzene rings is 1. The lowest BCUT2D eigenvalue weighted by Crippen LogP contribution is -2.10. The zero-order chi connectivity index (χ0) is 15.1. The molecule has 1 atom stereocenters. The van der Waals surface area contributed by atoms with Crippen molar-refractivity contribution in [2.45, 2.75) is 12.5 Å². The van der Waals surface area contributed by atoms with E-state index in [4.69, 9.17) is 21.3 Å². The minimum absolute atomic E-state index is 0.242. The molecule has 1 aromatic carbocycles. The topological polar surface area (TPSA) is 92.0 Å². The van der Waals surface area contributed by atoms with Gasteiger partial charge in [0.25, 0.3) is 0 Å². The predicted octanol–water partition coefficient (Wildman–Crippen LogP) is 2.22. The third kappa shape index (κ3) is 2.00. The second-order valence-corrected chi connectivity index (χ2v) is 5.52. The van der Waals surface area contributed by atoms with Gasteiger partial charge in [0.15, 0.2) is 0 Å². The summed E-state index contributed by atoms with van der Waals surface area (Å²) in [6, 6.07) is 9.85. The van der Waals surface area contributed by atoms with E-state index in [1.165, 1.54) is 0 Å². The van der Waals surface area contributed by atoms with E-state index in [1.807, 2.05) is 35.0 Å². The van der Waals surface area contributed by atoms with Crippen molar-refractivity contribution in [1.29, 1.82) is 0 Å². The van der Waals surface area contributed by atoms with Gasteiger partial charge >= 0.3 is 0 Å². The van der Waals surface area contributed by atoms with Crippen LogP contribution in [0.25, 0.3) is 22.2 Å². The third-order valence-electron chi connectivity index (χ3n) is 4.09. The summed E-state index contributed by atoms with van der Waals surface area (Å²) in [5.74, 6) is 0.495. The number of hydrogen-bond acceptors (Lipinski definition) is 5. The second-order valence-electron chi connectivity index (χ2n) is 5.52. The summed E-state index contributed by atoms with van der Waals surface area (Å²) in [7, 11) is 0. The van der Waals surface area contributed by atoms with E-state index in [2.05, 4.69) is 4.98 Å². The summed E-state index contributed by atoms with van der Waals surface area (Å²) in [5, 5.41) is 5.70. The summed E-state index contributed by atoms with van der Waals surface area (Å²) in [6.07, 6.45) is 2.68. The normalized spacial score (nSPS) is 18.1. The number of fused-ring (bicyclic) bond motifs is 1. The van der Waals surface area contributed by atoms with Gasteiger partial charge in [-0.25, -0.2) is 4.98 Å². The van der Waals surface area contributed by atoms with Crippen LogP contribution in [-0.4, -0.2) is 28.0 Å². The first-order valence-electron chi connectivity index (χ1n) is 7.30. The highest BCUT2D eigenvalue weighted by molar-refractivity contribution is 6.00. The molecule has 0 bridgehead atoms. The van der Waals surface area contributed by atoms with Gasteiger partial charge in [0.05, 0.1) is 23.6 Å². The van der Waals surface area contributed by atoms with Crippen LogP contribution in [0.3, 0.4) is 0 Å². The number of ether oxygens (including phenoxy) is 1. The second kappa shape index (κ2) is 4.99. The van der Waals surface area contributed by atoms with Gasteiger partial charge in [-0.15, -0.1) is 0 Å². The molecule has 22 heavy (non-hydrogen) atoms. The Balaban J connectivity index is 1.95. The molecule has 4 rings (SSSR count). The van der Waals surface area contributed by atoms with Crippen LogP contribution in [0.1, 0.15) is 12.5 Å². The minimum atomic E-state index is 0.242. The Hall–Kier alpha value is -2.60. The first kappa shape index (κ1) is 13.1. The number of aromatic nitrogens is 3. The Morgan fingerprint density at radius 3 is 2.68 bits per heavy atom. The van der Waals surface area contributed by atoms with Gasteiger partial charge in [0.2, 0.25) is 0 Å². The van der Waals surface area contributed by atoms with E-state index in [0.717, 1.165) is 40.9 Å². The number of nitrogens with zero attached hydrogens (tertiary/aromatic N) is 3. The molecule has 3 aromatic rings. The molecule has 0 unspecified atom stereocenters. The summed E-state index contributed by atoms with van der Waals surface area (Å²) < 4.78 is 7.52. The Bertz CT molecular complexity index is 818. The largest absolute Gasteiger partial charge is 0.399 e. The van der Waals surface area contributed by atoms with Crippen molar-refractivity contribution in [3.8, 4) is 11.3 Å². The van der Waals surface area contributed by atoms with Crippen LogP contribution in [0.5, 0.6) is 0 Å². The fraction of sp³-hybridized carbons (Fsp3) is 0.250. The van der Waals surface area contributed by atoms with Crippen molar-refractivity contribution in [3.63, 3.8) is 0 Å². The standard InChI is InChI=1S/C16H17N5O/c17-11-3-1-10(2-4-11)15-14-13(5-7-19-16(14)18)21(20-15)12-6-8-22-9-12/h1-5,7,12H,6,8-9,17H2,(H2,18,19)/t12-/m0/s1. The molecule has 0 radical (unpaired) electrons. The molecule has 6 heteroatoms. The Morgan fingerprint density at radius 2 is 1.95 bits per heavy atom. The van der Waals surface area contributed by atoms with Gasteiger partial charge in [0.1, 0.15) is 11.5 Å². The zero-order valence-electron chi connectivity index (χ0n) is 12.1. The van der Waals surface area contributed by atoms with Crippen molar-refractivity contribution in [2.75, 3.05) is 24.7 Å². The van der Waals surface area contributed by atoms with Crippen LogP contribution in [-0.2, 0) is 4.74 Å². The van der Waals surface area contributed by atoms with Crippen LogP contribution in [0.15, 0.2) is 36.5 Å². The Morgan fingerprint density at radius 1 is 1.14 bits per heavy atom. The molecular weight excluding hydrogens is 278 g/mol. The smallest absolute Gasteiger partial charge is 0.135 e. The van der Waals surface area contributed by atoms with E-state index in [9.17, 15) is 0 Å². The van der Waals surface area contributed by atoms with E-state index < -0.39 is 0 Å². The molecule has 1 aliphatic heterocycles. The van der Waals surface area contributed by atoms with Gasteiger partial charge in [-0.05, 0) is 24.6 Å². The molecule has 1 aliphatic rings. The predicted molar refractivity (Wildman–Crippen MR) is 86.3 cm³/mol. The van der Waals surface area contributed by atoms with Gasteiger partial charge in [0, 0.05) is 24.1 Å². The van der Waals surface area contributed by atoms with Crippen molar-refractivity contribution in [3.05, 3.63) is 36.5 Å². The highest BCUT2D eigenvalue weighted by Crippen LogP contribution is 2.34. The number of nitrogens with two attached hydrogens (primary N) is 2. The Labute approximate surface area is 127 Å². The average molecular weight is 295 g/mol. The first-order chi connectivity index (χ1) is 10.7. The maximum atomic E-state index is 6.12. The fourth-order valence-electron chi connectivity index (χ4n) is 2.95.